The van der Waals surface area contributed by atoms with E-state index in [1.54, 1.807) is 7.11 Å². The lowest BCUT2D eigenvalue weighted by atomic mass is 10.0. The van der Waals surface area contributed by atoms with Gasteiger partial charge in [-0.05, 0) is 69.4 Å². The molecule has 1 saturated carbocycles. The van der Waals surface area contributed by atoms with Crippen molar-refractivity contribution in [2.45, 2.75) is 38.3 Å². The zero-order valence-electron chi connectivity index (χ0n) is 13.2. The second-order valence-electron chi connectivity index (χ2n) is 6.36. The molecule has 0 amide bonds. The number of piperidine rings is 1. The summed E-state index contributed by atoms with van der Waals surface area (Å²) in [6.45, 7) is 4.46. The van der Waals surface area contributed by atoms with E-state index in [0.717, 1.165) is 36.3 Å². The van der Waals surface area contributed by atoms with Crippen molar-refractivity contribution in [3.63, 3.8) is 0 Å². The maximum Gasteiger partial charge on any atom is 0.123 e. The minimum absolute atomic E-state index is 0. The van der Waals surface area contributed by atoms with Gasteiger partial charge < -0.3 is 10.1 Å². The topological polar surface area (TPSA) is 24.5 Å². The van der Waals surface area contributed by atoms with E-state index >= 15 is 0 Å². The molecule has 1 aliphatic heterocycles. The van der Waals surface area contributed by atoms with Crippen LogP contribution in [-0.2, 0) is 6.54 Å². The van der Waals surface area contributed by atoms with Crippen molar-refractivity contribution < 1.29 is 4.74 Å². The van der Waals surface area contributed by atoms with E-state index in [1.165, 1.54) is 37.8 Å². The van der Waals surface area contributed by atoms with Crippen LogP contribution < -0.4 is 10.1 Å². The predicted octanol–water partition coefficient (Wildman–Crippen LogP) is 3.73. The van der Waals surface area contributed by atoms with Gasteiger partial charge in [0.1, 0.15) is 5.75 Å². The third-order valence-electron chi connectivity index (χ3n) is 4.62. The Hall–Kier alpha value is -0.480. The van der Waals surface area contributed by atoms with Gasteiger partial charge in [-0.1, -0.05) is 11.6 Å². The molecule has 1 saturated heterocycles. The van der Waals surface area contributed by atoms with Gasteiger partial charge >= 0.3 is 0 Å². The highest BCUT2D eigenvalue weighted by Gasteiger charge is 2.24. The first-order valence-corrected chi connectivity index (χ1v) is 8.40. The SMILES string of the molecule is COc1ccc(Cl)cc1CN1CCC(NCC2CC2)CC1.Cl. The minimum Gasteiger partial charge on any atom is -0.496 e. The molecule has 0 spiro atoms. The van der Waals surface area contributed by atoms with Gasteiger partial charge in [-0.25, -0.2) is 0 Å². The van der Waals surface area contributed by atoms with E-state index in [0.29, 0.717) is 6.04 Å². The van der Waals surface area contributed by atoms with Crippen LogP contribution >= 0.6 is 24.0 Å². The van der Waals surface area contributed by atoms with Crippen LogP contribution in [0.15, 0.2) is 18.2 Å². The van der Waals surface area contributed by atoms with Crippen LogP contribution in [0.25, 0.3) is 0 Å². The average molecular weight is 345 g/mol. The molecule has 1 aromatic rings. The van der Waals surface area contributed by atoms with Crippen molar-refractivity contribution in [3.05, 3.63) is 28.8 Å². The third-order valence-corrected chi connectivity index (χ3v) is 4.85. The maximum absolute atomic E-state index is 6.11. The van der Waals surface area contributed by atoms with Crippen LogP contribution in [-0.4, -0.2) is 37.7 Å². The van der Waals surface area contributed by atoms with Crippen molar-refractivity contribution >= 4 is 24.0 Å². The minimum atomic E-state index is 0. The van der Waals surface area contributed by atoms with E-state index in [-0.39, 0.29) is 12.4 Å². The smallest absolute Gasteiger partial charge is 0.123 e. The fraction of sp³-hybridized carbons (Fsp3) is 0.647. The van der Waals surface area contributed by atoms with Crippen LogP contribution in [0.4, 0.5) is 0 Å². The van der Waals surface area contributed by atoms with Crippen LogP contribution in [0.3, 0.4) is 0 Å². The summed E-state index contributed by atoms with van der Waals surface area (Å²) in [6, 6.07) is 6.58. The molecule has 22 heavy (non-hydrogen) atoms. The second-order valence-corrected chi connectivity index (χ2v) is 6.79. The number of hydrogen-bond donors (Lipinski definition) is 1. The Bertz CT molecular complexity index is 472. The summed E-state index contributed by atoms with van der Waals surface area (Å²) in [4.78, 5) is 2.50. The zero-order valence-corrected chi connectivity index (χ0v) is 14.8. The fourth-order valence-electron chi connectivity index (χ4n) is 3.06. The van der Waals surface area contributed by atoms with Crippen molar-refractivity contribution in [1.82, 2.24) is 10.2 Å². The molecule has 0 aromatic heterocycles. The molecule has 1 aliphatic carbocycles. The van der Waals surface area contributed by atoms with Crippen LogP contribution in [0.1, 0.15) is 31.2 Å². The molecular weight excluding hydrogens is 319 g/mol. The monoisotopic (exact) mass is 344 g/mol. The van der Waals surface area contributed by atoms with E-state index in [2.05, 4.69) is 10.2 Å². The number of halogens is 2. The van der Waals surface area contributed by atoms with Gasteiger partial charge in [-0.2, -0.15) is 0 Å². The number of ether oxygens (including phenoxy) is 1. The number of benzene rings is 1. The molecule has 0 atom stereocenters. The van der Waals surface area contributed by atoms with E-state index < -0.39 is 0 Å². The summed E-state index contributed by atoms with van der Waals surface area (Å²) in [7, 11) is 1.72. The number of nitrogens with zero attached hydrogens (tertiary/aromatic N) is 1. The van der Waals surface area contributed by atoms with E-state index in [1.807, 2.05) is 18.2 Å². The first kappa shape index (κ1) is 17.9. The van der Waals surface area contributed by atoms with Gasteiger partial charge in [0, 0.05) is 23.2 Å². The lowest BCUT2D eigenvalue weighted by Crippen LogP contribution is -2.42. The number of methoxy groups -OCH3 is 1. The molecular formula is C17H26Cl2N2O. The van der Waals surface area contributed by atoms with Gasteiger partial charge in [0.15, 0.2) is 0 Å². The van der Waals surface area contributed by atoms with Gasteiger partial charge in [0.05, 0.1) is 7.11 Å². The van der Waals surface area contributed by atoms with Gasteiger partial charge in [0.25, 0.3) is 0 Å². The Morgan fingerprint density at radius 1 is 1.23 bits per heavy atom. The lowest BCUT2D eigenvalue weighted by Gasteiger charge is -2.32. The molecule has 5 heteroatoms. The maximum atomic E-state index is 6.11. The average Bonchev–Trinajstić information content (AvgIpc) is 3.31. The molecule has 0 radical (unpaired) electrons. The second kappa shape index (κ2) is 8.39. The van der Waals surface area contributed by atoms with Crippen molar-refractivity contribution in [2.75, 3.05) is 26.7 Å². The number of likely N-dealkylation sites (tertiary alicyclic amines) is 1. The Morgan fingerprint density at radius 3 is 2.59 bits per heavy atom. The highest BCUT2D eigenvalue weighted by Crippen LogP contribution is 2.28. The zero-order chi connectivity index (χ0) is 14.7. The highest BCUT2D eigenvalue weighted by molar-refractivity contribution is 6.30. The lowest BCUT2D eigenvalue weighted by molar-refractivity contribution is 0.188. The van der Waals surface area contributed by atoms with Crippen molar-refractivity contribution in [1.29, 1.82) is 0 Å². The first-order chi connectivity index (χ1) is 10.2. The summed E-state index contributed by atoms with van der Waals surface area (Å²) in [5, 5.41) is 4.51. The van der Waals surface area contributed by atoms with Crippen molar-refractivity contribution in [2.24, 2.45) is 5.92 Å². The van der Waals surface area contributed by atoms with Gasteiger partial charge in [-0.15, -0.1) is 12.4 Å². The molecule has 3 nitrogen and oxygen atoms in total. The van der Waals surface area contributed by atoms with Gasteiger partial charge in [-0.3, -0.25) is 4.90 Å². The molecule has 2 fully saturated rings. The molecule has 124 valence electrons. The number of rotatable bonds is 6. The first-order valence-electron chi connectivity index (χ1n) is 8.03. The Kier molecular flexibility index (Phi) is 6.82. The Labute approximate surface area is 144 Å². The molecule has 0 bridgehead atoms. The quantitative estimate of drug-likeness (QED) is 0.850. The molecule has 1 aromatic carbocycles. The summed E-state index contributed by atoms with van der Waals surface area (Å²) in [6.07, 6.45) is 5.35. The summed E-state index contributed by atoms with van der Waals surface area (Å²) >= 11 is 6.11. The molecule has 1 N–H and O–H groups in total. The highest BCUT2D eigenvalue weighted by atomic mass is 35.5. The van der Waals surface area contributed by atoms with Crippen LogP contribution in [0.5, 0.6) is 5.75 Å². The fourth-order valence-corrected chi connectivity index (χ4v) is 3.26. The molecule has 0 unspecified atom stereocenters. The summed E-state index contributed by atoms with van der Waals surface area (Å²) < 4.78 is 5.44. The molecule has 3 rings (SSSR count). The molecule has 1 heterocycles. The summed E-state index contributed by atoms with van der Waals surface area (Å²) in [5.74, 6) is 1.91. The Morgan fingerprint density at radius 2 is 1.95 bits per heavy atom. The van der Waals surface area contributed by atoms with E-state index in [9.17, 15) is 0 Å². The van der Waals surface area contributed by atoms with Crippen molar-refractivity contribution in [3.8, 4) is 5.75 Å². The van der Waals surface area contributed by atoms with Crippen LogP contribution in [0.2, 0.25) is 5.02 Å². The van der Waals surface area contributed by atoms with Gasteiger partial charge in [0.2, 0.25) is 0 Å². The predicted molar refractivity (Wildman–Crippen MR) is 94.3 cm³/mol. The summed E-state index contributed by atoms with van der Waals surface area (Å²) in [5.41, 5.74) is 1.19. The standard InChI is InChI=1S/C17H25ClN2O.ClH/c1-21-17-5-4-15(18)10-14(17)12-20-8-6-16(7-9-20)19-11-13-2-3-13;/h4-5,10,13,16,19H,2-3,6-9,11-12H2,1H3;1H. The third kappa shape index (κ3) is 5.02. The largest absolute Gasteiger partial charge is 0.496 e. The number of nitrogens with one attached hydrogen (secondary N) is 1. The molecule has 2 aliphatic rings. The Balaban J connectivity index is 0.00000176. The van der Waals surface area contributed by atoms with Crippen LogP contribution in [0, 0.1) is 5.92 Å². The normalized spacial score (nSPS) is 19.7. The number of hydrogen-bond acceptors (Lipinski definition) is 3. The van der Waals surface area contributed by atoms with E-state index in [4.69, 9.17) is 16.3 Å².